The molecule has 10 rings (SSSR count). The van der Waals surface area contributed by atoms with Crippen LogP contribution in [0.4, 0.5) is 0 Å². The molecule has 0 saturated heterocycles. The third kappa shape index (κ3) is 6.41. The van der Waals surface area contributed by atoms with Crippen LogP contribution in [0.1, 0.15) is 16.7 Å². The van der Waals surface area contributed by atoms with Crippen LogP contribution in [0.2, 0.25) is 0 Å². The van der Waals surface area contributed by atoms with E-state index in [0.717, 1.165) is 66.5 Å². The molecule has 0 fully saturated rings. The Balaban J connectivity index is 1.02. The van der Waals surface area contributed by atoms with Crippen LogP contribution in [0, 0.1) is 0 Å². The summed E-state index contributed by atoms with van der Waals surface area (Å²) in [7, 11) is 0. The quantitative estimate of drug-likeness (QED) is 0.119. The van der Waals surface area contributed by atoms with E-state index in [4.69, 9.17) is 14.4 Å². The molecule has 0 aliphatic rings. The molecule has 5 heteroatoms. The van der Waals surface area contributed by atoms with Crippen molar-refractivity contribution in [2.75, 3.05) is 0 Å². The molecule has 0 bridgehead atoms. The fourth-order valence-corrected chi connectivity index (χ4v) is 7.80. The van der Waals surface area contributed by atoms with E-state index < -0.39 is 0 Å². The number of hydrogen-bond acceptors (Lipinski definition) is 2. The molecular formula is C52H36N4O. The van der Waals surface area contributed by atoms with E-state index >= 15 is 0 Å². The molecule has 8 aromatic carbocycles. The highest BCUT2D eigenvalue weighted by Gasteiger charge is 2.16. The summed E-state index contributed by atoms with van der Waals surface area (Å²) in [4.78, 5) is 14.3. The van der Waals surface area contributed by atoms with E-state index in [0.29, 0.717) is 18.2 Å². The number of nitrogens with zero attached hydrogens (tertiary/aromatic N) is 4. The van der Waals surface area contributed by atoms with Gasteiger partial charge in [-0.15, -0.1) is 0 Å². The minimum absolute atomic E-state index is 0.505. The highest BCUT2D eigenvalue weighted by molar-refractivity contribution is 6.14. The van der Waals surface area contributed by atoms with Crippen molar-refractivity contribution < 1.29 is 4.42 Å². The van der Waals surface area contributed by atoms with Gasteiger partial charge in [0.05, 0.1) is 17.6 Å². The van der Waals surface area contributed by atoms with Gasteiger partial charge in [0.25, 0.3) is 0 Å². The van der Waals surface area contributed by atoms with Gasteiger partial charge in [-0.3, -0.25) is 4.99 Å². The lowest BCUT2D eigenvalue weighted by atomic mass is 10.0. The van der Waals surface area contributed by atoms with Gasteiger partial charge in [-0.25, -0.2) is 9.98 Å². The van der Waals surface area contributed by atoms with Gasteiger partial charge >= 0.3 is 0 Å². The van der Waals surface area contributed by atoms with Crippen molar-refractivity contribution in [1.82, 2.24) is 4.57 Å². The normalized spacial score (nSPS) is 12.2. The summed E-state index contributed by atoms with van der Waals surface area (Å²) in [5, 5.41) is 4.59. The molecule has 2 aromatic heterocycles. The molecular weight excluding hydrogens is 697 g/mol. The molecule has 0 atom stereocenters. The first kappa shape index (κ1) is 33.9. The van der Waals surface area contributed by atoms with Gasteiger partial charge < -0.3 is 8.98 Å². The van der Waals surface area contributed by atoms with E-state index in [2.05, 4.69) is 150 Å². The minimum Gasteiger partial charge on any atom is -0.456 e. The summed E-state index contributed by atoms with van der Waals surface area (Å²) in [5.41, 5.74) is 12.3. The zero-order valence-electron chi connectivity index (χ0n) is 31.1. The zero-order chi connectivity index (χ0) is 38.1. The molecule has 0 aliphatic carbocycles. The molecule has 2 heterocycles. The minimum atomic E-state index is 0.505. The van der Waals surface area contributed by atoms with Crippen molar-refractivity contribution in [2.45, 2.75) is 6.54 Å². The third-order valence-corrected chi connectivity index (χ3v) is 10.6. The first-order valence-corrected chi connectivity index (χ1v) is 19.1. The average molecular weight is 733 g/mol. The molecule has 0 spiro atoms. The second kappa shape index (κ2) is 14.5. The monoisotopic (exact) mass is 732 g/mol. The maximum Gasteiger partial charge on any atom is 0.161 e. The lowest BCUT2D eigenvalue weighted by Gasteiger charge is -2.09. The molecule has 0 N–H and O–H groups in total. The van der Waals surface area contributed by atoms with Gasteiger partial charge in [0.1, 0.15) is 11.2 Å². The Labute approximate surface area is 330 Å². The standard InChI is InChI=1S/C52H36N4O/c1-53-51(55-52(37-18-9-4-10-19-37)54-34-35-14-5-2-6-15-35)41-21-13-20-38(30-41)40-25-28-45-46-29-26-42(33-50(46)57-49(45)32-40)56-47-23-12-11-22-43(47)44-27-24-39(31-48(44)56)36-16-7-3-8-17-36/h2-33H,1,34H2/b54-52-,55-51-. The van der Waals surface area contributed by atoms with E-state index in [-0.39, 0.29) is 0 Å². The summed E-state index contributed by atoms with van der Waals surface area (Å²) in [6.45, 7) is 4.40. The van der Waals surface area contributed by atoms with Gasteiger partial charge in [0.15, 0.2) is 11.7 Å². The second-order valence-corrected chi connectivity index (χ2v) is 14.1. The predicted octanol–water partition coefficient (Wildman–Crippen LogP) is 13.1. The fourth-order valence-electron chi connectivity index (χ4n) is 7.80. The van der Waals surface area contributed by atoms with Crippen molar-refractivity contribution in [2.24, 2.45) is 15.0 Å². The topological polar surface area (TPSA) is 55.1 Å². The number of rotatable bonds is 7. The fraction of sp³-hybridized carbons (Fsp3) is 0.0192. The van der Waals surface area contributed by atoms with Crippen LogP contribution in [0.5, 0.6) is 0 Å². The van der Waals surface area contributed by atoms with E-state index in [1.54, 1.807) is 0 Å². The third-order valence-electron chi connectivity index (χ3n) is 10.6. The number of hydrogen-bond donors (Lipinski definition) is 0. The Morgan fingerprint density at radius 1 is 0.456 bits per heavy atom. The molecule has 270 valence electrons. The number of furan rings is 1. The van der Waals surface area contributed by atoms with E-state index in [1.807, 2.05) is 60.7 Å². The maximum atomic E-state index is 6.65. The first-order valence-electron chi connectivity index (χ1n) is 19.1. The van der Waals surface area contributed by atoms with Gasteiger partial charge in [-0.1, -0.05) is 146 Å². The number of benzene rings is 8. The summed E-state index contributed by atoms with van der Waals surface area (Å²) in [6.07, 6.45) is 0. The number of aliphatic imine (C=N–C) groups is 3. The van der Waals surface area contributed by atoms with Crippen LogP contribution in [0.15, 0.2) is 214 Å². The number of para-hydroxylation sites is 1. The molecule has 10 aromatic rings. The molecule has 0 radical (unpaired) electrons. The van der Waals surface area contributed by atoms with Crippen LogP contribution >= 0.6 is 0 Å². The van der Waals surface area contributed by atoms with Crippen LogP contribution in [-0.4, -0.2) is 23.0 Å². The SMILES string of the molecule is C=N/C(=N\C(=N/Cc1ccccc1)c1ccccc1)c1cccc(-c2ccc3c(c2)oc2cc(-n4c5ccccc5c5ccc(-c6ccccc6)cc54)ccc23)c1. The molecule has 0 unspecified atom stereocenters. The average Bonchev–Trinajstić information content (AvgIpc) is 3.82. The lowest BCUT2D eigenvalue weighted by Crippen LogP contribution is -2.05. The summed E-state index contributed by atoms with van der Waals surface area (Å²) in [6, 6.07) is 67.3. The van der Waals surface area contributed by atoms with Crippen molar-refractivity contribution in [3.05, 3.63) is 211 Å². The Kier molecular flexibility index (Phi) is 8.65. The highest BCUT2D eigenvalue weighted by atomic mass is 16.3. The Hall–Kier alpha value is -7.63. The van der Waals surface area contributed by atoms with Crippen molar-refractivity contribution >= 4 is 62.1 Å². The molecule has 0 amide bonds. The van der Waals surface area contributed by atoms with Crippen molar-refractivity contribution in [1.29, 1.82) is 0 Å². The van der Waals surface area contributed by atoms with Crippen LogP contribution in [-0.2, 0) is 6.54 Å². The largest absolute Gasteiger partial charge is 0.456 e. The van der Waals surface area contributed by atoms with E-state index in [9.17, 15) is 0 Å². The number of fused-ring (bicyclic) bond motifs is 6. The first-order chi connectivity index (χ1) is 28.2. The van der Waals surface area contributed by atoms with Gasteiger partial charge in [0.2, 0.25) is 0 Å². The Morgan fingerprint density at radius 2 is 1.05 bits per heavy atom. The van der Waals surface area contributed by atoms with Gasteiger partial charge in [0, 0.05) is 44.4 Å². The highest BCUT2D eigenvalue weighted by Crippen LogP contribution is 2.38. The summed E-state index contributed by atoms with van der Waals surface area (Å²) >= 11 is 0. The number of amidine groups is 2. The smallest absolute Gasteiger partial charge is 0.161 e. The molecule has 57 heavy (non-hydrogen) atoms. The zero-order valence-corrected chi connectivity index (χ0v) is 31.1. The van der Waals surface area contributed by atoms with Gasteiger partial charge in [-0.2, -0.15) is 0 Å². The second-order valence-electron chi connectivity index (χ2n) is 14.1. The predicted molar refractivity (Wildman–Crippen MR) is 238 cm³/mol. The maximum absolute atomic E-state index is 6.65. The van der Waals surface area contributed by atoms with Gasteiger partial charge in [-0.05, 0) is 77.0 Å². The van der Waals surface area contributed by atoms with Crippen LogP contribution in [0.25, 0.3) is 71.7 Å². The van der Waals surface area contributed by atoms with Crippen molar-refractivity contribution in [3.63, 3.8) is 0 Å². The lowest BCUT2D eigenvalue weighted by molar-refractivity contribution is 0.669. The van der Waals surface area contributed by atoms with Crippen LogP contribution in [0.3, 0.4) is 0 Å². The van der Waals surface area contributed by atoms with E-state index in [1.165, 1.54) is 21.9 Å². The molecule has 0 saturated carbocycles. The van der Waals surface area contributed by atoms with Crippen molar-refractivity contribution in [3.8, 4) is 27.9 Å². The Morgan fingerprint density at radius 3 is 1.84 bits per heavy atom. The van der Waals surface area contributed by atoms with Crippen LogP contribution < -0.4 is 0 Å². The number of aromatic nitrogens is 1. The summed E-state index contributed by atoms with van der Waals surface area (Å²) < 4.78 is 9.00. The molecule has 5 nitrogen and oxygen atoms in total. The summed E-state index contributed by atoms with van der Waals surface area (Å²) in [5.74, 6) is 1.11. The Bertz CT molecular complexity index is 3160. The molecule has 0 aliphatic heterocycles.